The first-order valence-corrected chi connectivity index (χ1v) is 6.96. The Kier molecular flexibility index (Phi) is 4.22. The van der Waals surface area contributed by atoms with Crippen molar-refractivity contribution in [2.24, 2.45) is 5.73 Å². The SMILES string of the molecule is CCC(C(N)=O)N1CCC(N2CCCC2=O)CC1. The summed E-state index contributed by atoms with van der Waals surface area (Å²) in [6.45, 7) is 4.65. The first-order valence-electron chi connectivity index (χ1n) is 6.96. The van der Waals surface area contributed by atoms with E-state index >= 15 is 0 Å². The van der Waals surface area contributed by atoms with Gasteiger partial charge in [0.1, 0.15) is 0 Å². The van der Waals surface area contributed by atoms with Gasteiger partial charge in [-0.25, -0.2) is 0 Å². The summed E-state index contributed by atoms with van der Waals surface area (Å²) in [5, 5.41) is 0. The molecule has 5 nitrogen and oxygen atoms in total. The molecule has 2 amide bonds. The van der Waals surface area contributed by atoms with Crippen molar-refractivity contribution in [3.05, 3.63) is 0 Å². The molecule has 2 aliphatic rings. The van der Waals surface area contributed by atoms with Gasteiger partial charge < -0.3 is 10.6 Å². The number of piperidine rings is 1. The van der Waals surface area contributed by atoms with Crippen LogP contribution in [0.5, 0.6) is 0 Å². The normalized spacial score (nSPS) is 24.5. The lowest BCUT2D eigenvalue weighted by molar-refractivity contribution is -0.131. The first kappa shape index (κ1) is 13.3. The van der Waals surface area contributed by atoms with Gasteiger partial charge in [0.2, 0.25) is 11.8 Å². The quantitative estimate of drug-likeness (QED) is 0.785. The summed E-state index contributed by atoms with van der Waals surface area (Å²) in [4.78, 5) is 27.2. The van der Waals surface area contributed by atoms with Gasteiger partial charge in [-0.2, -0.15) is 0 Å². The lowest BCUT2D eigenvalue weighted by Gasteiger charge is -2.39. The highest BCUT2D eigenvalue weighted by molar-refractivity contribution is 5.80. The molecule has 0 aromatic heterocycles. The van der Waals surface area contributed by atoms with Gasteiger partial charge >= 0.3 is 0 Å². The van der Waals surface area contributed by atoms with Gasteiger partial charge in [0.25, 0.3) is 0 Å². The number of hydrogen-bond donors (Lipinski definition) is 1. The summed E-state index contributed by atoms with van der Waals surface area (Å²) in [5.74, 6) is 0.0728. The maximum atomic E-state index is 11.7. The minimum absolute atomic E-state index is 0.139. The number of nitrogens with zero attached hydrogens (tertiary/aromatic N) is 2. The fourth-order valence-electron chi connectivity index (χ4n) is 3.20. The van der Waals surface area contributed by atoms with E-state index in [0.717, 1.165) is 45.3 Å². The molecular formula is C13H23N3O2. The van der Waals surface area contributed by atoms with Crippen LogP contribution < -0.4 is 5.73 Å². The third-order valence-corrected chi connectivity index (χ3v) is 4.21. The summed E-state index contributed by atoms with van der Waals surface area (Å²) >= 11 is 0. The van der Waals surface area contributed by atoms with E-state index < -0.39 is 0 Å². The summed E-state index contributed by atoms with van der Waals surface area (Å²) in [6.07, 6.45) is 4.41. The topological polar surface area (TPSA) is 66.6 Å². The highest BCUT2D eigenvalue weighted by atomic mass is 16.2. The van der Waals surface area contributed by atoms with Crippen LogP contribution in [0.25, 0.3) is 0 Å². The number of nitrogens with two attached hydrogens (primary N) is 1. The number of carbonyl (C=O) groups is 2. The van der Waals surface area contributed by atoms with E-state index in [9.17, 15) is 9.59 Å². The second-order valence-corrected chi connectivity index (χ2v) is 5.28. The van der Waals surface area contributed by atoms with Crippen LogP contribution in [-0.4, -0.2) is 53.3 Å². The van der Waals surface area contributed by atoms with E-state index in [0.29, 0.717) is 18.4 Å². The Hall–Kier alpha value is -1.10. The molecule has 1 atom stereocenters. The minimum atomic E-state index is -0.229. The third kappa shape index (κ3) is 2.66. The molecule has 0 saturated carbocycles. The van der Waals surface area contributed by atoms with Gasteiger partial charge in [-0.1, -0.05) is 6.92 Å². The molecule has 0 aromatic rings. The van der Waals surface area contributed by atoms with Crippen molar-refractivity contribution in [2.45, 2.75) is 51.1 Å². The molecule has 102 valence electrons. The molecule has 0 aromatic carbocycles. The van der Waals surface area contributed by atoms with Crippen LogP contribution in [0.1, 0.15) is 39.0 Å². The summed E-state index contributed by atoms with van der Waals surface area (Å²) in [6, 6.07) is 0.238. The largest absolute Gasteiger partial charge is 0.368 e. The Labute approximate surface area is 108 Å². The molecule has 5 heteroatoms. The lowest BCUT2D eigenvalue weighted by atomic mass is 10.0. The van der Waals surface area contributed by atoms with E-state index in [-0.39, 0.29) is 11.9 Å². The number of primary amides is 1. The summed E-state index contributed by atoms with van der Waals surface area (Å²) in [7, 11) is 0. The van der Waals surface area contributed by atoms with Crippen LogP contribution >= 0.6 is 0 Å². The predicted octanol–water partition coefficient (Wildman–Crippen LogP) is 0.337. The molecule has 1 unspecified atom stereocenters. The fourth-order valence-corrected chi connectivity index (χ4v) is 3.20. The average molecular weight is 253 g/mol. The predicted molar refractivity (Wildman–Crippen MR) is 68.8 cm³/mol. The second-order valence-electron chi connectivity index (χ2n) is 5.28. The minimum Gasteiger partial charge on any atom is -0.368 e. The molecule has 0 radical (unpaired) electrons. The highest BCUT2D eigenvalue weighted by Crippen LogP contribution is 2.23. The second kappa shape index (κ2) is 5.69. The Balaban J connectivity index is 1.87. The number of carbonyl (C=O) groups excluding carboxylic acids is 2. The van der Waals surface area contributed by atoms with Gasteiger partial charge in [-0.3, -0.25) is 14.5 Å². The standard InChI is InChI=1S/C13H23N3O2/c1-2-11(13(14)18)15-8-5-10(6-9-15)16-7-3-4-12(16)17/h10-11H,2-9H2,1H3,(H2,14,18). The monoisotopic (exact) mass is 253 g/mol. The number of amides is 2. The maximum Gasteiger partial charge on any atom is 0.234 e. The zero-order valence-corrected chi connectivity index (χ0v) is 11.1. The Bertz CT molecular complexity index is 314. The van der Waals surface area contributed by atoms with Crippen molar-refractivity contribution in [1.82, 2.24) is 9.80 Å². The molecule has 0 aliphatic carbocycles. The van der Waals surface area contributed by atoms with Crippen molar-refractivity contribution in [1.29, 1.82) is 0 Å². The molecule has 0 spiro atoms. The van der Waals surface area contributed by atoms with E-state index in [1.54, 1.807) is 0 Å². The molecule has 18 heavy (non-hydrogen) atoms. The molecule has 2 rings (SSSR count). The van der Waals surface area contributed by atoms with Crippen LogP contribution in [0.4, 0.5) is 0 Å². The zero-order valence-electron chi connectivity index (χ0n) is 11.1. The molecule has 2 fully saturated rings. The third-order valence-electron chi connectivity index (χ3n) is 4.21. The lowest BCUT2D eigenvalue weighted by Crippen LogP contribution is -2.51. The van der Waals surface area contributed by atoms with Crippen LogP contribution in [0, 0.1) is 0 Å². The number of likely N-dealkylation sites (tertiary alicyclic amines) is 2. The van der Waals surface area contributed by atoms with E-state index in [4.69, 9.17) is 5.73 Å². The molecular weight excluding hydrogens is 230 g/mol. The average Bonchev–Trinajstić information content (AvgIpc) is 2.77. The summed E-state index contributed by atoms with van der Waals surface area (Å²) in [5.41, 5.74) is 5.41. The Morgan fingerprint density at radius 2 is 2.06 bits per heavy atom. The van der Waals surface area contributed by atoms with Gasteiger partial charge in [-0.15, -0.1) is 0 Å². The molecule has 2 saturated heterocycles. The molecule has 0 bridgehead atoms. The van der Waals surface area contributed by atoms with Crippen molar-refractivity contribution in [3.8, 4) is 0 Å². The fraction of sp³-hybridized carbons (Fsp3) is 0.846. The Morgan fingerprint density at radius 3 is 2.50 bits per heavy atom. The zero-order chi connectivity index (χ0) is 13.1. The van der Waals surface area contributed by atoms with Crippen LogP contribution in [0.3, 0.4) is 0 Å². The van der Waals surface area contributed by atoms with Crippen LogP contribution in [0.2, 0.25) is 0 Å². The van der Waals surface area contributed by atoms with Crippen molar-refractivity contribution >= 4 is 11.8 Å². The number of rotatable bonds is 4. The van der Waals surface area contributed by atoms with Gasteiger partial charge in [0.05, 0.1) is 6.04 Å². The smallest absolute Gasteiger partial charge is 0.234 e. The van der Waals surface area contributed by atoms with Gasteiger partial charge in [0, 0.05) is 32.1 Å². The molecule has 2 N–H and O–H groups in total. The summed E-state index contributed by atoms with van der Waals surface area (Å²) < 4.78 is 0. The van der Waals surface area contributed by atoms with E-state index in [1.165, 1.54) is 0 Å². The van der Waals surface area contributed by atoms with E-state index in [1.807, 2.05) is 11.8 Å². The van der Waals surface area contributed by atoms with Crippen molar-refractivity contribution < 1.29 is 9.59 Å². The van der Waals surface area contributed by atoms with Crippen molar-refractivity contribution in [3.63, 3.8) is 0 Å². The maximum absolute atomic E-state index is 11.7. The van der Waals surface area contributed by atoms with E-state index in [2.05, 4.69) is 4.90 Å². The van der Waals surface area contributed by atoms with Crippen LogP contribution in [-0.2, 0) is 9.59 Å². The van der Waals surface area contributed by atoms with Crippen molar-refractivity contribution in [2.75, 3.05) is 19.6 Å². The Morgan fingerprint density at radius 1 is 1.39 bits per heavy atom. The highest BCUT2D eigenvalue weighted by Gasteiger charge is 2.33. The number of hydrogen-bond acceptors (Lipinski definition) is 3. The van der Waals surface area contributed by atoms with Gasteiger partial charge in [-0.05, 0) is 25.7 Å². The first-order chi connectivity index (χ1) is 8.63. The van der Waals surface area contributed by atoms with Gasteiger partial charge in [0.15, 0.2) is 0 Å². The molecule has 2 heterocycles. The van der Waals surface area contributed by atoms with Crippen LogP contribution in [0.15, 0.2) is 0 Å². The molecule has 2 aliphatic heterocycles.